The van der Waals surface area contributed by atoms with E-state index < -0.39 is 9.84 Å². The molecular formula is C19H23N3O3S. The number of nitrogens with zero attached hydrogens (tertiary/aromatic N) is 2. The molecule has 6 nitrogen and oxygen atoms in total. The van der Waals surface area contributed by atoms with Crippen molar-refractivity contribution in [2.24, 2.45) is 0 Å². The van der Waals surface area contributed by atoms with Crippen LogP contribution < -0.4 is 5.32 Å². The van der Waals surface area contributed by atoms with Crippen LogP contribution in [0.2, 0.25) is 0 Å². The molecule has 1 amide bonds. The van der Waals surface area contributed by atoms with Crippen molar-refractivity contribution in [2.45, 2.75) is 18.9 Å². The molecule has 7 heteroatoms. The van der Waals surface area contributed by atoms with Crippen LogP contribution in [-0.2, 0) is 16.3 Å². The Morgan fingerprint density at radius 1 is 1.23 bits per heavy atom. The Morgan fingerprint density at radius 3 is 2.62 bits per heavy atom. The lowest BCUT2D eigenvalue weighted by molar-refractivity contribution is 0.0747. The van der Waals surface area contributed by atoms with E-state index in [0.29, 0.717) is 17.8 Å². The summed E-state index contributed by atoms with van der Waals surface area (Å²) in [5.41, 5.74) is 1.71. The molecule has 1 saturated heterocycles. The van der Waals surface area contributed by atoms with E-state index in [1.807, 2.05) is 18.2 Å². The van der Waals surface area contributed by atoms with E-state index in [1.54, 1.807) is 19.2 Å². The molecule has 26 heavy (non-hydrogen) atoms. The highest BCUT2D eigenvalue weighted by Crippen LogP contribution is 2.18. The van der Waals surface area contributed by atoms with Gasteiger partial charge in [0.05, 0.1) is 17.1 Å². The first-order valence-electron chi connectivity index (χ1n) is 8.66. The maximum atomic E-state index is 12.5. The minimum Gasteiger partial charge on any atom is -0.370 e. The maximum Gasteiger partial charge on any atom is 0.255 e. The molecule has 1 aliphatic rings. The van der Waals surface area contributed by atoms with Crippen LogP contribution >= 0.6 is 0 Å². The summed E-state index contributed by atoms with van der Waals surface area (Å²) < 4.78 is 23.2. The van der Waals surface area contributed by atoms with E-state index in [0.717, 1.165) is 13.0 Å². The first kappa shape index (κ1) is 18.4. The van der Waals surface area contributed by atoms with Gasteiger partial charge in [0.25, 0.3) is 5.91 Å². The number of hydrogen-bond donors (Lipinski definition) is 1. The molecule has 3 rings (SSSR count). The number of rotatable bonds is 6. The largest absolute Gasteiger partial charge is 0.370 e. The van der Waals surface area contributed by atoms with Gasteiger partial charge in [-0.25, -0.2) is 13.4 Å². The second kappa shape index (κ2) is 7.86. The van der Waals surface area contributed by atoms with Crippen molar-refractivity contribution >= 4 is 21.6 Å². The molecule has 0 spiro atoms. The standard InChI is InChI=1S/C19H23N3O3S/c1-22(17-10-12-26(24,25)14-17)19(23)16-7-8-18(21-13-16)20-11-9-15-5-3-2-4-6-15/h2-8,13,17H,9-12,14H2,1H3,(H,20,21). The average molecular weight is 373 g/mol. The van der Waals surface area contributed by atoms with Crippen molar-refractivity contribution in [1.82, 2.24) is 9.88 Å². The van der Waals surface area contributed by atoms with Crippen molar-refractivity contribution in [2.75, 3.05) is 30.4 Å². The molecular weight excluding hydrogens is 350 g/mol. The number of hydrogen-bond acceptors (Lipinski definition) is 5. The smallest absolute Gasteiger partial charge is 0.255 e. The second-order valence-electron chi connectivity index (χ2n) is 6.57. The normalized spacial score (nSPS) is 18.4. The number of carbonyl (C=O) groups is 1. The molecule has 1 aromatic heterocycles. The zero-order chi connectivity index (χ0) is 18.6. The zero-order valence-corrected chi connectivity index (χ0v) is 15.6. The van der Waals surface area contributed by atoms with E-state index >= 15 is 0 Å². The summed E-state index contributed by atoms with van der Waals surface area (Å²) in [5, 5.41) is 3.24. The van der Waals surface area contributed by atoms with E-state index in [4.69, 9.17) is 0 Å². The summed E-state index contributed by atoms with van der Waals surface area (Å²) in [6, 6.07) is 13.4. The third-order valence-corrected chi connectivity index (χ3v) is 6.40. The Morgan fingerprint density at radius 2 is 2.00 bits per heavy atom. The molecule has 1 atom stereocenters. The molecule has 0 aliphatic carbocycles. The summed E-state index contributed by atoms with van der Waals surface area (Å²) in [5.74, 6) is 0.707. The fourth-order valence-corrected chi connectivity index (χ4v) is 4.83. The Bertz CT molecular complexity index is 851. The van der Waals surface area contributed by atoms with Gasteiger partial charge in [-0.15, -0.1) is 0 Å². The van der Waals surface area contributed by atoms with Gasteiger partial charge in [-0.05, 0) is 30.5 Å². The van der Waals surface area contributed by atoms with E-state index in [2.05, 4.69) is 22.4 Å². The SMILES string of the molecule is CN(C(=O)c1ccc(NCCc2ccccc2)nc1)C1CCS(=O)(=O)C1. The van der Waals surface area contributed by atoms with Crippen molar-refractivity contribution in [1.29, 1.82) is 0 Å². The van der Waals surface area contributed by atoms with Crippen molar-refractivity contribution in [3.8, 4) is 0 Å². The molecule has 1 N–H and O–H groups in total. The van der Waals surface area contributed by atoms with Crippen LogP contribution in [0.1, 0.15) is 22.3 Å². The van der Waals surface area contributed by atoms with Gasteiger partial charge in [0.15, 0.2) is 9.84 Å². The molecule has 138 valence electrons. The molecule has 2 heterocycles. The molecule has 0 radical (unpaired) electrons. The third-order valence-electron chi connectivity index (χ3n) is 4.65. The van der Waals surface area contributed by atoms with Crippen LogP contribution in [-0.4, -0.2) is 55.3 Å². The third kappa shape index (κ3) is 4.60. The Kier molecular flexibility index (Phi) is 5.56. The number of sulfone groups is 1. The van der Waals surface area contributed by atoms with Gasteiger partial charge in [0, 0.05) is 25.8 Å². The Labute approximate surface area is 154 Å². The first-order chi connectivity index (χ1) is 12.4. The quantitative estimate of drug-likeness (QED) is 0.838. The van der Waals surface area contributed by atoms with Crippen LogP contribution in [0.15, 0.2) is 48.7 Å². The van der Waals surface area contributed by atoms with Crippen molar-refractivity contribution in [3.05, 3.63) is 59.8 Å². The molecule has 0 bridgehead atoms. The summed E-state index contributed by atoms with van der Waals surface area (Å²) in [6.07, 6.45) is 2.92. The molecule has 0 saturated carbocycles. The molecule has 1 unspecified atom stereocenters. The van der Waals surface area contributed by atoms with Crippen molar-refractivity contribution in [3.63, 3.8) is 0 Å². The Balaban J connectivity index is 1.54. The first-order valence-corrected chi connectivity index (χ1v) is 10.5. The summed E-state index contributed by atoms with van der Waals surface area (Å²) in [6.45, 7) is 0.754. The molecule has 1 fully saturated rings. The highest BCUT2D eigenvalue weighted by atomic mass is 32.2. The maximum absolute atomic E-state index is 12.5. The molecule has 2 aromatic rings. The molecule has 1 aliphatic heterocycles. The highest BCUT2D eigenvalue weighted by molar-refractivity contribution is 7.91. The summed E-state index contributed by atoms with van der Waals surface area (Å²) >= 11 is 0. The number of benzene rings is 1. The average Bonchev–Trinajstić information content (AvgIpc) is 3.02. The van der Waals surface area contributed by atoms with Gasteiger partial charge in [-0.3, -0.25) is 4.79 Å². The van der Waals surface area contributed by atoms with Crippen LogP contribution in [0.25, 0.3) is 0 Å². The van der Waals surface area contributed by atoms with Crippen molar-refractivity contribution < 1.29 is 13.2 Å². The van der Waals surface area contributed by atoms with Gasteiger partial charge < -0.3 is 10.2 Å². The minimum atomic E-state index is -3.02. The minimum absolute atomic E-state index is 0.0434. The number of carbonyl (C=O) groups excluding carboxylic acids is 1. The van der Waals surface area contributed by atoms with Gasteiger partial charge in [0.2, 0.25) is 0 Å². The second-order valence-corrected chi connectivity index (χ2v) is 8.80. The lowest BCUT2D eigenvalue weighted by Crippen LogP contribution is -2.37. The van der Waals surface area contributed by atoms with Gasteiger partial charge in [-0.2, -0.15) is 0 Å². The van der Waals surface area contributed by atoms with Gasteiger partial charge in [-0.1, -0.05) is 30.3 Å². The van der Waals surface area contributed by atoms with Crippen LogP contribution in [0.4, 0.5) is 5.82 Å². The van der Waals surface area contributed by atoms with Gasteiger partial charge in [0.1, 0.15) is 5.82 Å². The monoisotopic (exact) mass is 373 g/mol. The Hall–Kier alpha value is -2.41. The van der Waals surface area contributed by atoms with Crippen LogP contribution in [0.3, 0.4) is 0 Å². The highest BCUT2D eigenvalue weighted by Gasteiger charge is 2.33. The van der Waals surface area contributed by atoms with Crippen LogP contribution in [0, 0.1) is 0 Å². The number of nitrogens with one attached hydrogen (secondary N) is 1. The van der Waals surface area contributed by atoms with E-state index in [1.165, 1.54) is 16.7 Å². The van der Waals surface area contributed by atoms with Gasteiger partial charge >= 0.3 is 0 Å². The fourth-order valence-electron chi connectivity index (χ4n) is 3.05. The van der Waals surface area contributed by atoms with E-state index in [9.17, 15) is 13.2 Å². The number of pyridine rings is 1. The lowest BCUT2D eigenvalue weighted by atomic mass is 10.1. The van der Waals surface area contributed by atoms with Crippen LogP contribution in [0.5, 0.6) is 0 Å². The predicted octanol–water partition coefficient (Wildman–Crippen LogP) is 2.00. The fraction of sp³-hybridized carbons (Fsp3) is 0.368. The van der Waals surface area contributed by atoms with E-state index in [-0.39, 0.29) is 23.5 Å². The topological polar surface area (TPSA) is 79.4 Å². The number of anilines is 1. The summed E-state index contributed by atoms with van der Waals surface area (Å²) in [4.78, 5) is 18.3. The number of aromatic nitrogens is 1. The lowest BCUT2D eigenvalue weighted by Gasteiger charge is -2.23. The summed E-state index contributed by atoms with van der Waals surface area (Å²) in [7, 11) is -1.36. The number of amides is 1. The molecule has 1 aromatic carbocycles. The zero-order valence-electron chi connectivity index (χ0n) is 14.8. The predicted molar refractivity (Wildman–Crippen MR) is 102 cm³/mol.